The number of rotatable bonds is 6. The SMILES string of the molecule is CC(C)c1ccc(C(=O)CC2(O)C(=O)N(Cc3ccccc3)c3ccc(Br)cc32)cc1. The number of hydrogen-bond donors (Lipinski definition) is 1. The van der Waals surface area contributed by atoms with Crippen LogP contribution in [0.1, 0.15) is 53.2 Å². The summed E-state index contributed by atoms with van der Waals surface area (Å²) in [6.45, 7) is 4.51. The average molecular weight is 478 g/mol. The summed E-state index contributed by atoms with van der Waals surface area (Å²) in [6.07, 6.45) is -0.304. The lowest BCUT2D eigenvalue weighted by atomic mass is 9.87. The molecule has 1 amide bonds. The van der Waals surface area contributed by atoms with Gasteiger partial charge in [-0.05, 0) is 35.2 Å². The number of benzene rings is 3. The minimum absolute atomic E-state index is 0.265. The quantitative estimate of drug-likeness (QED) is 0.471. The molecule has 1 N–H and O–H groups in total. The van der Waals surface area contributed by atoms with Crippen LogP contribution in [-0.2, 0) is 16.9 Å². The number of fused-ring (bicyclic) bond motifs is 1. The number of amides is 1. The third kappa shape index (κ3) is 4.08. The normalized spacial score (nSPS) is 17.8. The van der Waals surface area contributed by atoms with Crippen molar-refractivity contribution in [2.75, 3.05) is 4.90 Å². The Morgan fingerprint density at radius 1 is 1.03 bits per heavy atom. The van der Waals surface area contributed by atoms with E-state index in [0.717, 1.165) is 15.6 Å². The molecule has 1 aliphatic rings. The first-order valence-corrected chi connectivity index (χ1v) is 11.1. The number of aliphatic hydroxyl groups is 1. The van der Waals surface area contributed by atoms with E-state index >= 15 is 0 Å². The zero-order chi connectivity index (χ0) is 22.2. The predicted molar refractivity (Wildman–Crippen MR) is 125 cm³/mol. The Balaban J connectivity index is 1.67. The van der Waals surface area contributed by atoms with Gasteiger partial charge in [0, 0.05) is 15.6 Å². The van der Waals surface area contributed by atoms with Gasteiger partial charge < -0.3 is 10.0 Å². The van der Waals surface area contributed by atoms with Crippen LogP contribution in [0.2, 0.25) is 0 Å². The van der Waals surface area contributed by atoms with Gasteiger partial charge in [-0.25, -0.2) is 0 Å². The van der Waals surface area contributed by atoms with Crippen molar-refractivity contribution in [2.45, 2.75) is 38.3 Å². The van der Waals surface area contributed by atoms with E-state index in [4.69, 9.17) is 0 Å². The number of Topliss-reactive ketones (excluding diaryl/α,β-unsaturated/α-hetero) is 1. The molecule has 3 aromatic carbocycles. The van der Waals surface area contributed by atoms with Crippen LogP contribution in [0.25, 0.3) is 0 Å². The second-order valence-corrected chi connectivity index (χ2v) is 9.19. The fourth-order valence-electron chi connectivity index (χ4n) is 4.00. The summed E-state index contributed by atoms with van der Waals surface area (Å²) in [7, 11) is 0. The molecule has 0 saturated heterocycles. The van der Waals surface area contributed by atoms with Crippen LogP contribution in [0, 0.1) is 0 Å². The zero-order valence-corrected chi connectivity index (χ0v) is 19.1. The standard InChI is InChI=1S/C26H24BrNO3/c1-17(2)19-8-10-20(11-9-19)24(29)15-26(31)22-14-21(27)12-13-23(22)28(25(26)30)16-18-6-4-3-5-7-18/h3-14,17,31H,15-16H2,1-2H3. The van der Waals surface area contributed by atoms with E-state index in [2.05, 4.69) is 29.8 Å². The summed E-state index contributed by atoms with van der Waals surface area (Å²) < 4.78 is 0.743. The lowest BCUT2D eigenvalue weighted by Gasteiger charge is -2.23. The molecular weight excluding hydrogens is 454 g/mol. The fraction of sp³-hybridized carbons (Fsp3) is 0.231. The number of carbonyl (C=O) groups excluding carboxylic acids is 2. The first kappa shape index (κ1) is 21.5. The van der Waals surface area contributed by atoms with Gasteiger partial charge in [-0.1, -0.05) is 84.4 Å². The summed E-state index contributed by atoms with van der Waals surface area (Å²) in [5.41, 5.74) is 1.75. The highest BCUT2D eigenvalue weighted by Crippen LogP contribution is 2.44. The molecule has 4 rings (SSSR count). The molecule has 158 valence electrons. The predicted octanol–water partition coefficient (Wildman–Crippen LogP) is 5.58. The van der Waals surface area contributed by atoms with E-state index < -0.39 is 11.5 Å². The second kappa shape index (κ2) is 8.40. The molecule has 1 aliphatic heterocycles. The molecule has 0 saturated carbocycles. The first-order chi connectivity index (χ1) is 14.8. The smallest absolute Gasteiger partial charge is 0.264 e. The first-order valence-electron chi connectivity index (χ1n) is 10.3. The third-order valence-electron chi connectivity index (χ3n) is 5.79. The number of anilines is 1. The van der Waals surface area contributed by atoms with Crippen molar-refractivity contribution in [3.05, 3.63) is 99.5 Å². The fourth-order valence-corrected chi connectivity index (χ4v) is 4.37. The monoisotopic (exact) mass is 477 g/mol. The van der Waals surface area contributed by atoms with Crippen molar-refractivity contribution in [2.24, 2.45) is 0 Å². The van der Waals surface area contributed by atoms with Gasteiger partial charge in [-0.3, -0.25) is 9.59 Å². The second-order valence-electron chi connectivity index (χ2n) is 8.28. The molecule has 1 unspecified atom stereocenters. The Morgan fingerprint density at radius 3 is 2.35 bits per heavy atom. The van der Waals surface area contributed by atoms with Crippen LogP contribution in [0.15, 0.2) is 77.3 Å². The van der Waals surface area contributed by atoms with E-state index in [1.807, 2.05) is 48.5 Å². The molecule has 5 heteroatoms. The van der Waals surface area contributed by atoms with E-state index in [0.29, 0.717) is 29.3 Å². The zero-order valence-electron chi connectivity index (χ0n) is 17.5. The summed E-state index contributed by atoms with van der Waals surface area (Å²) in [5, 5.41) is 11.5. The van der Waals surface area contributed by atoms with Crippen molar-refractivity contribution in [3.8, 4) is 0 Å². The van der Waals surface area contributed by atoms with Crippen molar-refractivity contribution < 1.29 is 14.7 Å². The van der Waals surface area contributed by atoms with Crippen LogP contribution >= 0.6 is 15.9 Å². The van der Waals surface area contributed by atoms with Gasteiger partial charge in [-0.15, -0.1) is 0 Å². The average Bonchev–Trinajstić information content (AvgIpc) is 2.96. The van der Waals surface area contributed by atoms with Crippen LogP contribution in [-0.4, -0.2) is 16.8 Å². The van der Waals surface area contributed by atoms with Gasteiger partial charge >= 0.3 is 0 Å². The summed E-state index contributed by atoms with van der Waals surface area (Å²) in [6, 6.07) is 22.4. The number of carbonyl (C=O) groups is 2. The maximum atomic E-state index is 13.4. The largest absolute Gasteiger partial charge is 0.375 e. The Bertz CT molecular complexity index is 1130. The molecule has 1 heterocycles. The molecule has 0 aliphatic carbocycles. The van der Waals surface area contributed by atoms with Gasteiger partial charge in [0.05, 0.1) is 18.7 Å². The molecule has 4 nitrogen and oxygen atoms in total. The maximum Gasteiger partial charge on any atom is 0.264 e. The van der Waals surface area contributed by atoms with Gasteiger partial charge in [-0.2, -0.15) is 0 Å². The Labute approximate surface area is 190 Å². The molecule has 0 spiro atoms. The molecule has 31 heavy (non-hydrogen) atoms. The van der Waals surface area contributed by atoms with Crippen LogP contribution in [0.3, 0.4) is 0 Å². The summed E-state index contributed by atoms with van der Waals surface area (Å²) in [4.78, 5) is 28.0. The van der Waals surface area contributed by atoms with E-state index in [-0.39, 0.29) is 12.2 Å². The highest BCUT2D eigenvalue weighted by Gasteiger charge is 2.51. The van der Waals surface area contributed by atoms with Crippen molar-refractivity contribution in [3.63, 3.8) is 0 Å². The Kier molecular flexibility index (Phi) is 5.82. The van der Waals surface area contributed by atoms with Crippen LogP contribution < -0.4 is 4.90 Å². The molecule has 0 aromatic heterocycles. The Hall–Kier alpha value is -2.76. The molecule has 1 atom stereocenters. The maximum absolute atomic E-state index is 13.4. The number of hydrogen-bond acceptors (Lipinski definition) is 3. The number of ketones is 1. The minimum Gasteiger partial charge on any atom is -0.375 e. The van der Waals surface area contributed by atoms with Crippen molar-refractivity contribution in [1.82, 2.24) is 0 Å². The Morgan fingerprint density at radius 2 is 1.71 bits per heavy atom. The summed E-state index contributed by atoms with van der Waals surface area (Å²) in [5.74, 6) is -0.379. The topological polar surface area (TPSA) is 57.6 Å². The van der Waals surface area contributed by atoms with Crippen LogP contribution in [0.5, 0.6) is 0 Å². The highest BCUT2D eigenvalue weighted by molar-refractivity contribution is 9.10. The lowest BCUT2D eigenvalue weighted by molar-refractivity contribution is -0.136. The molecule has 0 bridgehead atoms. The van der Waals surface area contributed by atoms with Crippen molar-refractivity contribution >= 4 is 33.3 Å². The lowest BCUT2D eigenvalue weighted by Crippen LogP contribution is -2.41. The van der Waals surface area contributed by atoms with Crippen LogP contribution in [0.4, 0.5) is 5.69 Å². The molecular formula is C26H24BrNO3. The third-order valence-corrected chi connectivity index (χ3v) is 6.29. The van der Waals surface area contributed by atoms with Gasteiger partial charge in [0.25, 0.3) is 5.91 Å². The van der Waals surface area contributed by atoms with E-state index in [1.165, 1.54) is 0 Å². The van der Waals surface area contributed by atoms with Gasteiger partial charge in [0.15, 0.2) is 11.4 Å². The van der Waals surface area contributed by atoms with Crippen molar-refractivity contribution in [1.29, 1.82) is 0 Å². The highest BCUT2D eigenvalue weighted by atomic mass is 79.9. The van der Waals surface area contributed by atoms with E-state index in [1.54, 1.807) is 29.2 Å². The number of nitrogens with zero attached hydrogens (tertiary/aromatic N) is 1. The molecule has 0 fully saturated rings. The van der Waals surface area contributed by atoms with E-state index in [9.17, 15) is 14.7 Å². The molecule has 3 aromatic rings. The minimum atomic E-state index is -1.90. The molecule has 0 radical (unpaired) electrons. The van der Waals surface area contributed by atoms with Gasteiger partial charge in [0.1, 0.15) is 0 Å². The van der Waals surface area contributed by atoms with Gasteiger partial charge in [0.2, 0.25) is 0 Å². The summed E-state index contributed by atoms with van der Waals surface area (Å²) >= 11 is 3.43. The number of halogens is 1.